The summed E-state index contributed by atoms with van der Waals surface area (Å²) in [7, 11) is 1.45. The zero-order valence-electron chi connectivity index (χ0n) is 28.7. The van der Waals surface area contributed by atoms with E-state index in [1.165, 1.54) is 18.9 Å². The highest BCUT2D eigenvalue weighted by molar-refractivity contribution is 6.31. The van der Waals surface area contributed by atoms with Crippen molar-refractivity contribution in [1.82, 2.24) is 20.9 Å². The van der Waals surface area contributed by atoms with E-state index in [1.54, 1.807) is 48.5 Å². The number of piperidine rings is 1. The van der Waals surface area contributed by atoms with E-state index in [0.717, 1.165) is 5.56 Å². The van der Waals surface area contributed by atoms with Crippen molar-refractivity contribution < 1.29 is 38.2 Å². The third-order valence-corrected chi connectivity index (χ3v) is 8.98. The first kappa shape index (κ1) is 37.2. The van der Waals surface area contributed by atoms with Crippen LogP contribution < -0.4 is 41.8 Å². The number of aryl methyl sites for hydroxylation is 1. The minimum Gasteiger partial charge on any atom is -0.496 e. The summed E-state index contributed by atoms with van der Waals surface area (Å²) in [6, 6.07) is 11.1. The largest absolute Gasteiger partial charge is 0.496 e. The fourth-order valence-corrected chi connectivity index (χ4v) is 5.88. The SMILES string of the molecule is C=C(N)C(=O)N[C@@H](C)C(=O)Nc1ccc(COc2c(CNC(=O)Nc3ccc(C)c(Cl)c3)ccc3c2CN(C2CCC(=O)NC2=O)C3=O)c(OC)c1. The summed E-state index contributed by atoms with van der Waals surface area (Å²) in [6.45, 7) is 6.69. The van der Waals surface area contributed by atoms with Gasteiger partial charge in [0.1, 0.15) is 30.2 Å². The number of imide groups is 1. The quantitative estimate of drug-likeness (QED) is 0.119. The summed E-state index contributed by atoms with van der Waals surface area (Å²) in [4.78, 5) is 76.9. The van der Waals surface area contributed by atoms with E-state index in [2.05, 4.69) is 33.2 Å². The van der Waals surface area contributed by atoms with Crippen molar-refractivity contribution in [3.05, 3.63) is 93.6 Å². The maximum absolute atomic E-state index is 13.6. The first-order valence-electron chi connectivity index (χ1n) is 16.2. The van der Waals surface area contributed by atoms with Gasteiger partial charge in [0.15, 0.2) is 0 Å². The molecule has 0 radical (unpaired) electrons. The Morgan fingerprint density at radius 2 is 1.77 bits per heavy atom. The average Bonchev–Trinajstić information content (AvgIpc) is 3.43. The van der Waals surface area contributed by atoms with Gasteiger partial charge >= 0.3 is 6.03 Å². The standard InChI is InChI=1S/C36H38ClN7O8/c1-18-5-8-23(13-27(18)37)42-36(50)39-15-21-7-10-25-26(16-44(35(25)49)28-11-12-30(45)43-34(28)48)31(21)52-17-22-6-9-24(14-29(22)51-4)41-33(47)20(3)40-32(46)19(2)38/h5-10,13-14,20,28H,2,11-12,15-17,38H2,1,3-4H3,(H,40,46)(H,41,47)(H2,39,42,50)(H,43,45,48)/t20-,28?/m0/s1. The zero-order valence-corrected chi connectivity index (χ0v) is 29.4. The van der Waals surface area contributed by atoms with Gasteiger partial charge in [0.25, 0.3) is 11.8 Å². The second-order valence-electron chi connectivity index (χ2n) is 12.3. The molecule has 2 heterocycles. The first-order valence-corrected chi connectivity index (χ1v) is 16.6. The molecular weight excluding hydrogens is 694 g/mol. The Bertz CT molecular complexity index is 1980. The Morgan fingerprint density at radius 1 is 1.06 bits per heavy atom. The Labute approximate surface area is 304 Å². The number of hydrogen-bond acceptors (Lipinski definition) is 9. The highest BCUT2D eigenvalue weighted by Gasteiger charge is 2.40. The van der Waals surface area contributed by atoms with Crippen LogP contribution >= 0.6 is 11.6 Å². The van der Waals surface area contributed by atoms with Gasteiger partial charge in [0.2, 0.25) is 17.7 Å². The lowest BCUT2D eigenvalue weighted by molar-refractivity contribution is -0.137. The van der Waals surface area contributed by atoms with Crippen LogP contribution in [0.15, 0.2) is 60.8 Å². The monoisotopic (exact) mass is 731 g/mol. The van der Waals surface area contributed by atoms with Crippen LogP contribution in [0.25, 0.3) is 0 Å². The molecule has 272 valence electrons. The number of amides is 7. The number of fused-ring (bicyclic) bond motifs is 1. The van der Waals surface area contributed by atoms with Crippen LogP contribution in [0.4, 0.5) is 16.2 Å². The minimum atomic E-state index is -0.909. The Hall–Kier alpha value is -6.09. The molecule has 0 spiro atoms. The number of anilines is 2. The number of urea groups is 1. The van der Waals surface area contributed by atoms with E-state index >= 15 is 0 Å². The second-order valence-corrected chi connectivity index (χ2v) is 12.7. The summed E-state index contributed by atoms with van der Waals surface area (Å²) in [6.07, 6.45) is 0.287. The Balaban J connectivity index is 1.37. The number of carbonyl (C=O) groups is 6. The molecule has 0 saturated carbocycles. The molecule has 3 aromatic carbocycles. The number of ether oxygens (including phenoxy) is 2. The minimum absolute atomic E-state index is 0.00891. The molecule has 2 aliphatic heterocycles. The number of halogens is 1. The number of nitrogens with zero attached hydrogens (tertiary/aromatic N) is 1. The molecule has 0 aromatic heterocycles. The Kier molecular flexibility index (Phi) is 11.3. The van der Waals surface area contributed by atoms with Crippen LogP contribution in [0, 0.1) is 6.92 Å². The number of carbonyl (C=O) groups excluding carboxylic acids is 6. The van der Waals surface area contributed by atoms with Gasteiger partial charge in [-0.05, 0) is 56.2 Å². The van der Waals surface area contributed by atoms with Gasteiger partial charge in [-0.1, -0.05) is 30.3 Å². The molecule has 1 saturated heterocycles. The number of benzene rings is 3. The summed E-state index contributed by atoms with van der Waals surface area (Å²) in [5, 5.41) is 13.5. The van der Waals surface area contributed by atoms with Gasteiger partial charge in [0, 0.05) is 57.7 Å². The van der Waals surface area contributed by atoms with Crippen LogP contribution in [-0.4, -0.2) is 59.7 Å². The normalized spacial score (nSPS) is 15.6. The van der Waals surface area contributed by atoms with Crippen molar-refractivity contribution >= 4 is 58.5 Å². The predicted molar refractivity (Wildman–Crippen MR) is 191 cm³/mol. The van der Waals surface area contributed by atoms with E-state index in [-0.39, 0.29) is 44.1 Å². The lowest BCUT2D eigenvalue weighted by Gasteiger charge is -2.29. The van der Waals surface area contributed by atoms with E-state index < -0.39 is 41.7 Å². The third kappa shape index (κ3) is 8.43. The smallest absolute Gasteiger partial charge is 0.319 e. The molecule has 0 aliphatic carbocycles. The molecule has 7 N–H and O–H groups in total. The van der Waals surface area contributed by atoms with E-state index in [9.17, 15) is 28.8 Å². The molecule has 0 bridgehead atoms. The lowest BCUT2D eigenvalue weighted by atomic mass is 10.0. The summed E-state index contributed by atoms with van der Waals surface area (Å²) >= 11 is 6.21. The van der Waals surface area contributed by atoms with Gasteiger partial charge in [-0.25, -0.2) is 4.79 Å². The van der Waals surface area contributed by atoms with Crippen molar-refractivity contribution in [3.63, 3.8) is 0 Å². The molecular formula is C36H38ClN7O8. The number of methoxy groups -OCH3 is 1. The van der Waals surface area contributed by atoms with Crippen LogP contribution in [0.5, 0.6) is 11.5 Å². The zero-order chi connectivity index (χ0) is 37.7. The van der Waals surface area contributed by atoms with Gasteiger partial charge in [-0.2, -0.15) is 0 Å². The Morgan fingerprint density at radius 3 is 2.46 bits per heavy atom. The first-order chi connectivity index (χ1) is 24.7. The number of nitrogens with two attached hydrogens (primary N) is 1. The fourth-order valence-electron chi connectivity index (χ4n) is 5.70. The molecule has 1 fully saturated rings. The molecule has 7 amide bonds. The topological polar surface area (TPSA) is 210 Å². The van der Waals surface area contributed by atoms with Gasteiger partial charge in [0.05, 0.1) is 19.4 Å². The third-order valence-electron chi connectivity index (χ3n) is 8.58. The summed E-state index contributed by atoms with van der Waals surface area (Å²) in [5.41, 5.74) is 8.87. The molecule has 2 aliphatic rings. The maximum Gasteiger partial charge on any atom is 0.319 e. The van der Waals surface area contributed by atoms with Gasteiger partial charge in [-0.15, -0.1) is 0 Å². The molecule has 15 nitrogen and oxygen atoms in total. The van der Waals surface area contributed by atoms with Crippen molar-refractivity contribution in [3.8, 4) is 11.5 Å². The van der Waals surface area contributed by atoms with Crippen LogP contribution in [-0.2, 0) is 38.9 Å². The number of rotatable bonds is 12. The second kappa shape index (κ2) is 15.9. The fraction of sp³-hybridized carbons (Fsp3) is 0.278. The van der Waals surface area contributed by atoms with Crippen molar-refractivity contribution in [2.75, 3.05) is 17.7 Å². The highest BCUT2D eigenvalue weighted by Crippen LogP contribution is 2.37. The number of hydrogen-bond donors (Lipinski definition) is 6. The molecule has 16 heteroatoms. The van der Waals surface area contributed by atoms with Crippen LogP contribution in [0.2, 0.25) is 5.02 Å². The molecule has 1 unspecified atom stereocenters. The van der Waals surface area contributed by atoms with Crippen LogP contribution in [0.3, 0.4) is 0 Å². The number of nitrogens with one attached hydrogen (secondary N) is 5. The molecule has 52 heavy (non-hydrogen) atoms. The van der Waals surface area contributed by atoms with Gasteiger partial charge in [-0.3, -0.25) is 29.3 Å². The van der Waals surface area contributed by atoms with E-state index in [0.29, 0.717) is 50.2 Å². The van der Waals surface area contributed by atoms with Crippen LogP contribution in [0.1, 0.15) is 52.4 Å². The van der Waals surface area contributed by atoms with Crippen molar-refractivity contribution in [1.29, 1.82) is 0 Å². The van der Waals surface area contributed by atoms with E-state index in [1.807, 2.05) is 6.92 Å². The predicted octanol–water partition coefficient (Wildman–Crippen LogP) is 3.23. The van der Waals surface area contributed by atoms with E-state index in [4.69, 9.17) is 26.8 Å². The molecule has 2 atom stereocenters. The van der Waals surface area contributed by atoms with Crippen molar-refractivity contribution in [2.45, 2.75) is 58.5 Å². The molecule has 3 aromatic rings. The molecule has 5 rings (SSSR count). The maximum atomic E-state index is 13.6. The summed E-state index contributed by atoms with van der Waals surface area (Å²) < 4.78 is 12.0. The highest BCUT2D eigenvalue weighted by atomic mass is 35.5. The lowest BCUT2D eigenvalue weighted by Crippen LogP contribution is -2.52. The van der Waals surface area contributed by atoms with Gasteiger partial charge < -0.3 is 41.4 Å². The summed E-state index contributed by atoms with van der Waals surface area (Å²) in [5.74, 6) is -1.80. The average molecular weight is 732 g/mol. The van der Waals surface area contributed by atoms with Crippen molar-refractivity contribution in [2.24, 2.45) is 5.73 Å².